The highest BCUT2D eigenvalue weighted by Crippen LogP contribution is 2.06. The molecule has 4 heteroatoms. The molecule has 4 nitrogen and oxygen atoms in total. The van der Waals surface area contributed by atoms with Crippen LogP contribution in [0.4, 0.5) is 5.69 Å². The van der Waals surface area contributed by atoms with Gasteiger partial charge in [0.2, 0.25) is 0 Å². The van der Waals surface area contributed by atoms with Crippen molar-refractivity contribution < 1.29 is 0 Å². The monoisotopic (exact) mass is 222 g/mol. The molecule has 0 spiro atoms. The first-order valence-electron chi connectivity index (χ1n) is 5.09. The number of hydrogen-bond donors (Lipinski definition) is 1. The van der Waals surface area contributed by atoms with Crippen LogP contribution < -0.4 is 5.43 Å². The van der Waals surface area contributed by atoms with Gasteiger partial charge < -0.3 is 0 Å². The summed E-state index contributed by atoms with van der Waals surface area (Å²) >= 11 is 0. The maximum Gasteiger partial charge on any atom is 0.168 e. The third-order valence-electron chi connectivity index (χ3n) is 2.13. The van der Waals surface area contributed by atoms with Crippen LogP contribution in [-0.2, 0) is 0 Å². The predicted molar refractivity (Wildman–Crippen MR) is 66.5 cm³/mol. The highest BCUT2D eigenvalue weighted by atomic mass is 15.3. The van der Waals surface area contributed by atoms with Crippen LogP contribution in [0.3, 0.4) is 0 Å². The third-order valence-corrected chi connectivity index (χ3v) is 2.13. The van der Waals surface area contributed by atoms with Crippen LogP contribution in [0.2, 0.25) is 0 Å². The average Bonchev–Trinajstić information content (AvgIpc) is 2.42. The van der Waals surface area contributed by atoms with E-state index in [-0.39, 0.29) is 0 Å². The Morgan fingerprint density at radius 3 is 2.47 bits per heavy atom. The van der Waals surface area contributed by atoms with Gasteiger partial charge >= 0.3 is 0 Å². The van der Waals surface area contributed by atoms with Crippen LogP contribution in [-0.4, -0.2) is 10.7 Å². The van der Waals surface area contributed by atoms with E-state index in [0.29, 0.717) is 5.71 Å². The second-order valence-corrected chi connectivity index (χ2v) is 3.29. The van der Waals surface area contributed by atoms with E-state index in [9.17, 15) is 0 Å². The fraction of sp³-hybridized carbons (Fsp3) is 0. The zero-order chi connectivity index (χ0) is 11.9. The normalized spacial score (nSPS) is 10.6. The van der Waals surface area contributed by atoms with Crippen molar-refractivity contribution in [1.29, 1.82) is 5.26 Å². The molecule has 1 aromatic carbocycles. The number of nitriles is 1. The fourth-order valence-electron chi connectivity index (χ4n) is 1.30. The lowest BCUT2D eigenvalue weighted by atomic mass is 10.2. The molecule has 2 aromatic rings. The number of hydrazone groups is 1. The van der Waals surface area contributed by atoms with E-state index in [1.165, 1.54) is 0 Å². The molecule has 0 amide bonds. The molecule has 1 N–H and O–H groups in total. The van der Waals surface area contributed by atoms with Crippen LogP contribution in [0.15, 0.2) is 60.0 Å². The molecule has 1 heterocycles. The lowest BCUT2D eigenvalue weighted by Gasteiger charge is -2.01. The van der Waals surface area contributed by atoms with Crippen molar-refractivity contribution in [2.45, 2.75) is 0 Å². The first-order chi connectivity index (χ1) is 8.40. The van der Waals surface area contributed by atoms with E-state index < -0.39 is 0 Å². The van der Waals surface area contributed by atoms with Crippen LogP contribution in [0.1, 0.15) is 5.56 Å². The first kappa shape index (κ1) is 10.8. The van der Waals surface area contributed by atoms with Gasteiger partial charge in [0.05, 0.1) is 5.69 Å². The summed E-state index contributed by atoms with van der Waals surface area (Å²) in [5.74, 6) is 0. The van der Waals surface area contributed by atoms with Crippen LogP contribution in [0.5, 0.6) is 0 Å². The summed E-state index contributed by atoms with van der Waals surface area (Å²) in [7, 11) is 0. The molecule has 0 fully saturated rings. The van der Waals surface area contributed by atoms with Gasteiger partial charge in [0.25, 0.3) is 0 Å². The van der Waals surface area contributed by atoms with Gasteiger partial charge in [-0.1, -0.05) is 18.2 Å². The molecule has 0 atom stereocenters. The molecule has 0 saturated heterocycles. The molecule has 0 aliphatic carbocycles. The van der Waals surface area contributed by atoms with Crippen molar-refractivity contribution in [2.24, 2.45) is 5.10 Å². The molecule has 0 bridgehead atoms. The smallest absolute Gasteiger partial charge is 0.168 e. The summed E-state index contributed by atoms with van der Waals surface area (Å²) in [4.78, 5) is 3.90. The summed E-state index contributed by atoms with van der Waals surface area (Å²) in [5.41, 5.74) is 4.75. The minimum absolute atomic E-state index is 0.330. The zero-order valence-corrected chi connectivity index (χ0v) is 9.04. The SMILES string of the molecule is N#C/C(=N\Nc1ccccc1)c1ccncc1. The van der Waals surface area contributed by atoms with Crippen LogP contribution >= 0.6 is 0 Å². The lowest BCUT2D eigenvalue weighted by molar-refractivity contribution is 1.30. The molecule has 0 aliphatic heterocycles. The van der Waals surface area contributed by atoms with Gasteiger partial charge in [-0.3, -0.25) is 10.4 Å². The Labute approximate surface area is 99.2 Å². The van der Waals surface area contributed by atoms with Gasteiger partial charge in [-0.05, 0) is 24.3 Å². The summed E-state index contributed by atoms with van der Waals surface area (Å²) in [6, 6.07) is 15.0. The molecule has 0 aliphatic rings. The highest BCUT2D eigenvalue weighted by Gasteiger charge is 2.00. The number of para-hydroxylation sites is 1. The number of nitrogens with one attached hydrogen (secondary N) is 1. The number of rotatable bonds is 3. The Bertz CT molecular complexity index is 541. The number of anilines is 1. The van der Waals surface area contributed by atoms with Crippen molar-refractivity contribution in [3.8, 4) is 6.07 Å². The topological polar surface area (TPSA) is 61.1 Å². The second kappa shape index (κ2) is 5.42. The van der Waals surface area contributed by atoms with E-state index in [1.807, 2.05) is 36.4 Å². The molecule has 17 heavy (non-hydrogen) atoms. The average molecular weight is 222 g/mol. The van der Waals surface area contributed by atoms with Crippen LogP contribution in [0.25, 0.3) is 0 Å². The minimum atomic E-state index is 0.330. The van der Waals surface area contributed by atoms with E-state index in [1.54, 1.807) is 24.5 Å². The molecule has 0 saturated carbocycles. The molecule has 0 unspecified atom stereocenters. The molecular formula is C13H10N4. The van der Waals surface area contributed by atoms with Gasteiger partial charge in [0.1, 0.15) is 6.07 Å². The molecule has 2 rings (SSSR count). The largest absolute Gasteiger partial charge is 0.277 e. The highest BCUT2D eigenvalue weighted by molar-refractivity contribution is 6.11. The maximum absolute atomic E-state index is 9.02. The summed E-state index contributed by atoms with van der Waals surface area (Å²) < 4.78 is 0. The van der Waals surface area contributed by atoms with E-state index in [0.717, 1.165) is 11.3 Å². The molecular weight excluding hydrogens is 212 g/mol. The molecule has 0 radical (unpaired) electrons. The van der Waals surface area contributed by atoms with Gasteiger partial charge in [-0.25, -0.2) is 0 Å². The van der Waals surface area contributed by atoms with Gasteiger partial charge in [0, 0.05) is 18.0 Å². The number of aromatic nitrogens is 1. The quantitative estimate of drug-likeness (QED) is 0.640. The number of nitrogens with zero attached hydrogens (tertiary/aromatic N) is 3. The standard InChI is InChI=1S/C13H10N4/c14-10-13(11-6-8-15-9-7-11)17-16-12-4-2-1-3-5-12/h1-9,16H/b17-13+. The Morgan fingerprint density at radius 1 is 1.12 bits per heavy atom. The fourth-order valence-corrected chi connectivity index (χ4v) is 1.30. The van der Waals surface area contributed by atoms with E-state index in [2.05, 4.69) is 15.5 Å². The Kier molecular flexibility index (Phi) is 3.46. The van der Waals surface area contributed by atoms with Gasteiger partial charge in [0.15, 0.2) is 5.71 Å². The number of pyridine rings is 1. The van der Waals surface area contributed by atoms with Crippen molar-refractivity contribution in [3.63, 3.8) is 0 Å². The Hall–Kier alpha value is -2.67. The van der Waals surface area contributed by atoms with Crippen LogP contribution in [0, 0.1) is 11.3 Å². The van der Waals surface area contributed by atoms with E-state index in [4.69, 9.17) is 5.26 Å². The molecule has 82 valence electrons. The van der Waals surface area contributed by atoms with Crippen molar-refractivity contribution in [1.82, 2.24) is 4.98 Å². The second-order valence-electron chi connectivity index (χ2n) is 3.29. The maximum atomic E-state index is 9.02. The van der Waals surface area contributed by atoms with Crippen molar-refractivity contribution >= 4 is 11.4 Å². The first-order valence-corrected chi connectivity index (χ1v) is 5.09. The van der Waals surface area contributed by atoms with Crippen molar-refractivity contribution in [3.05, 3.63) is 60.4 Å². The summed E-state index contributed by atoms with van der Waals surface area (Å²) in [6.45, 7) is 0. The number of benzene rings is 1. The summed E-state index contributed by atoms with van der Waals surface area (Å²) in [5, 5.41) is 13.1. The van der Waals surface area contributed by atoms with Gasteiger partial charge in [-0.15, -0.1) is 0 Å². The van der Waals surface area contributed by atoms with Crippen molar-refractivity contribution in [2.75, 3.05) is 5.43 Å². The number of hydrogen-bond acceptors (Lipinski definition) is 4. The summed E-state index contributed by atoms with van der Waals surface area (Å²) in [6.07, 6.45) is 3.26. The third kappa shape index (κ3) is 2.89. The molecule has 1 aromatic heterocycles. The predicted octanol–water partition coefficient (Wildman–Crippen LogP) is 2.42. The van der Waals surface area contributed by atoms with E-state index >= 15 is 0 Å². The lowest BCUT2D eigenvalue weighted by Crippen LogP contribution is -2.01. The minimum Gasteiger partial charge on any atom is -0.277 e. The van der Waals surface area contributed by atoms with Gasteiger partial charge in [-0.2, -0.15) is 10.4 Å². The zero-order valence-electron chi connectivity index (χ0n) is 9.04. The Balaban J connectivity index is 2.18. The Morgan fingerprint density at radius 2 is 1.82 bits per heavy atom.